The third-order valence-electron chi connectivity index (χ3n) is 4.03. The lowest BCUT2D eigenvalue weighted by Crippen LogP contribution is -1.88. The maximum absolute atomic E-state index is 5.84. The summed E-state index contributed by atoms with van der Waals surface area (Å²) in [6, 6.07) is 23.9. The maximum Gasteiger partial charge on any atom is 0.227 e. The van der Waals surface area contributed by atoms with Gasteiger partial charge in [-0.05, 0) is 29.8 Å². The van der Waals surface area contributed by atoms with Gasteiger partial charge in [0.15, 0.2) is 5.58 Å². The van der Waals surface area contributed by atoms with Gasteiger partial charge in [0, 0.05) is 11.1 Å². The van der Waals surface area contributed by atoms with Crippen LogP contribution in [0.3, 0.4) is 0 Å². The van der Waals surface area contributed by atoms with Gasteiger partial charge in [-0.15, -0.1) is 0 Å². The highest BCUT2D eigenvalue weighted by Gasteiger charge is 2.10. The largest absolute Gasteiger partial charge is 0.496 e. The monoisotopic (exact) mass is 327 g/mol. The molecule has 1 aromatic heterocycles. The molecule has 0 aliphatic carbocycles. The highest BCUT2D eigenvalue weighted by atomic mass is 16.5. The van der Waals surface area contributed by atoms with E-state index in [2.05, 4.69) is 23.2 Å². The molecule has 0 radical (unpaired) electrons. The fraction of sp³-hybridized carbons (Fsp3) is 0.0455. The average Bonchev–Trinajstić information content (AvgIpc) is 3.11. The predicted molar refractivity (Wildman–Crippen MR) is 101 cm³/mol. The van der Waals surface area contributed by atoms with Crippen molar-refractivity contribution < 1.29 is 9.15 Å². The van der Waals surface area contributed by atoms with Crippen LogP contribution in [-0.4, -0.2) is 12.1 Å². The van der Waals surface area contributed by atoms with Crippen LogP contribution in [0.4, 0.5) is 0 Å². The number of rotatable bonds is 4. The fourth-order valence-corrected chi connectivity index (χ4v) is 2.73. The Kier molecular flexibility index (Phi) is 4.05. The normalized spacial score (nSPS) is 11.2. The molecule has 4 rings (SSSR count). The second-order valence-corrected chi connectivity index (χ2v) is 5.69. The topological polar surface area (TPSA) is 35.3 Å². The molecule has 4 aromatic rings. The van der Waals surface area contributed by atoms with Gasteiger partial charge >= 0.3 is 0 Å². The molecule has 0 atom stereocenters. The molecule has 3 nitrogen and oxygen atoms in total. The van der Waals surface area contributed by atoms with Crippen molar-refractivity contribution in [3.8, 4) is 17.2 Å². The zero-order chi connectivity index (χ0) is 17.1. The van der Waals surface area contributed by atoms with E-state index in [1.807, 2.05) is 66.7 Å². The molecule has 0 saturated heterocycles. The first-order valence-corrected chi connectivity index (χ1v) is 8.10. The van der Waals surface area contributed by atoms with Crippen molar-refractivity contribution in [3.63, 3.8) is 0 Å². The number of hydrogen-bond donors (Lipinski definition) is 0. The number of nitrogens with zero attached hydrogens (tertiary/aromatic N) is 1. The average molecular weight is 327 g/mol. The summed E-state index contributed by atoms with van der Waals surface area (Å²) in [6.07, 6.45) is 4.11. The van der Waals surface area contributed by atoms with E-state index in [-0.39, 0.29) is 0 Å². The summed E-state index contributed by atoms with van der Waals surface area (Å²) in [4.78, 5) is 4.54. The minimum atomic E-state index is 0.595. The van der Waals surface area contributed by atoms with Crippen LogP contribution in [-0.2, 0) is 0 Å². The molecule has 25 heavy (non-hydrogen) atoms. The molecular weight excluding hydrogens is 310 g/mol. The van der Waals surface area contributed by atoms with Gasteiger partial charge in [-0.25, -0.2) is 4.98 Å². The van der Waals surface area contributed by atoms with E-state index in [1.54, 1.807) is 7.11 Å². The third kappa shape index (κ3) is 3.17. The van der Waals surface area contributed by atoms with Gasteiger partial charge in [0.2, 0.25) is 5.89 Å². The molecule has 0 N–H and O–H groups in total. The standard InChI is InChI=1S/C22H17NO2/c1-24-21-15-18(22-23-19-9-5-6-10-20(19)25-22)14-13-17(21)12-11-16-7-3-2-4-8-16/h2-15H,1H3. The highest BCUT2D eigenvalue weighted by molar-refractivity contribution is 5.78. The minimum absolute atomic E-state index is 0.595. The fourth-order valence-electron chi connectivity index (χ4n) is 2.73. The van der Waals surface area contributed by atoms with Gasteiger partial charge in [-0.2, -0.15) is 0 Å². The van der Waals surface area contributed by atoms with Crippen molar-refractivity contribution in [1.29, 1.82) is 0 Å². The van der Waals surface area contributed by atoms with Crippen molar-refractivity contribution >= 4 is 23.3 Å². The van der Waals surface area contributed by atoms with E-state index in [1.165, 1.54) is 0 Å². The van der Waals surface area contributed by atoms with Gasteiger partial charge in [-0.3, -0.25) is 0 Å². The Morgan fingerprint density at radius 1 is 0.880 bits per heavy atom. The first-order valence-electron chi connectivity index (χ1n) is 8.10. The van der Waals surface area contributed by atoms with Crippen LogP contribution < -0.4 is 4.74 Å². The molecule has 0 fully saturated rings. The Hall–Kier alpha value is -3.33. The second-order valence-electron chi connectivity index (χ2n) is 5.69. The first-order chi connectivity index (χ1) is 12.3. The number of oxazole rings is 1. The minimum Gasteiger partial charge on any atom is -0.496 e. The Bertz CT molecular complexity index is 999. The molecular formula is C22H17NO2. The SMILES string of the molecule is COc1cc(-c2nc3ccccc3o2)ccc1C=Cc1ccccc1. The number of ether oxygens (including phenoxy) is 1. The lowest BCUT2D eigenvalue weighted by molar-refractivity contribution is 0.414. The lowest BCUT2D eigenvalue weighted by Gasteiger charge is -2.06. The Morgan fingerprint density at radius 2 is 1.68 bits per heavy atom. The van der Waals surface area contributed by atoms with Crippen molar-refractivity contribution in [2.45, 2.75) is 0 Å². The summed E-state index contributed by atoms with van der Waals surface area (Å²) < 4.78 is 11.4. The summed E-state index contributed by atoms with van der Waals surface area (Å²) in [7, 11) is 1.67. The van der Waals surface area contributed by atoms with Crippen LogP contribution in [0.2, 0.25) is 0 Å². The van der Waals surface area contributed by atoms with Crippen LogP contribution in [0.1, 0.15) is 11.1 Å². The van der Waals surface area contributed by atoms with Crippen LogP contribution in [0, 0.1) is 0 Å². The maximum atomic E-state index is 5.84. The lowest BCUT2D eigenvalue weighted by atomic mass is 10.1. The number of hydrogen-bond acceptors (Lipinski definition) is 3. The van der Waals surface area contributed by atoms with Crippen molar-refractivity contribution in [3.05, 3.63) is 83.9 Å². The second kappa shape index (κ2) is 6.65. The molecule has 0 saturated carbocycles. The predicted octanol–water partition coefficient (Wildman–Crippen LogP) is 5.67. The van der Waals surface area contributed by atoms with E-state index < -0.39 is 0 Å². The zero-order valence-corrected chi connectivity index (χ0v) is 13.8. The molecule has 122 valence electrons. The molecule has 0 bridgehead atoms. The molecule has 0 unspecified atom stereocenters. The Labute approximate surface area is 146 Å². The van der Waals surface area contributed by atoms with Crippen molar-refractivity contribution in [2.75, 3.05) is 7.11 Å². The molecule has 1 heterocycles. The number of fused-ring (bicyclic) bond motifs is 1. The highest BCUT2D eigenvalue weighted by Crippen LogP contribution is 2.30. The van der Waals surface area contributed by atoms with Crippen LogP contribution in [0.25, 0.3) is 34.7 Å². The van der Waals surface area contributed by atoms with E-state index in [0.29, 0.717) is 5.89 Å². The van der Waals surface area contributed by atoms with Gasteiger partial charge < -0.3 is 9.15 Å². The van der Waals surface area contributed by atoms with Gasteiger partial charge in [0.25, 0.3) is 0 Å². The summed E-state index contributed by atoms with van der Waals surface area (Å²) in [5.74, 6) is 1.38. The van der Waals surface area contributed by atoms with E-state index in [9.17, 15) is 0 Å². The summed E-state index contributed by atoms with van der Waals surface area (Å²) >= 11 is 0. The summed E-state index contributed by atoms with van der Waals surface area (Å²) in [5.41, 5.74) is 4.68. The van der Waals surface area contributed by atoms with Gasteiger partial charge in [0.1, 0.15) is 11.3 Å². The van der Waals surface area contributed by atoms with Crippen molar-refractivity contribution in [1.82, 2.24) is 4.98 Å². The van der Waals surface area contributed by atoms with E-state index >= 15 is 0 Å². The Balaban J connectivity index is 1.68. The molecule has 3 heteroatoms. The van der Waals surface area contributed by atoms with E-state index in [4.69, 9.17) is 9.15 Å². The quantitative estimate of drug-likeness (QED) is 0.453. The number of para-hydroxylation sites is 2. The Morgan fingerprint density at radius 3 is 2.48 bits per heavy atom. The number of aromatic nitrogens is 1. The van der Waals surface area contributed by atoms with E-state index in [0.717, 1.165) is 33.5 Å². The molecule has 0 aliphatic rings. The molecule has 0 amide bonds. The summed E-state index contributed by atoms with van der Waals surface area (Å²) in [6.45, 7) is 0. The van der Waals surface area contributed by atoms with Crippen LogP contribution in [0.5, 0.6) is 5.75 Å². The molecule has 0 aliphatic heterocycles. The first kappa shape index (κ1) is 15.2. The molecule has 3 aromatic carbocycles. The number of methoxy groups -OCH3 is 1. The van der Waals surface area contributed by atoms with Crippen LogP contribution in [0.15, 0.2) is 77.2 Å². The summed E-state index contributed by atoms with van der Waals surface area (Å²) in [5, 5.41) is 0. The van der Waals surface area contributed by atoms with Gasteiger partial charge in [0.05, 0.1) is 7.11 Å². The number of benzene rings is 3. The smallest absolute Gasteiger partial charge is 0.227 e. The molecule has 0 spiro atoms. The van der Waals surface area contributed by atoms with Crippen molar-refractivity contribution in [2.24, 2.45) is 0 Å². The zero-order valence-electron chi connectivity index (χ0n) is 13.8. The van der Waals surface area contributed by atoms with Crippen LogP contribution >= 0.6 is 0 Å². The third-order valence-corrected chi connectivity index (χ3v) is 4.03. The van der Waals surface area contributed by atoms with Gasteiger partial charge in [-0.1, -0.05) is 60.7 Å².